The number of carbonyl (C=O) groups excluding carboxylic acids is 1. The first-order valence-corrected chi connectivity index (χ1v) is 5.83. The summed E-state index contributed by atoms with van der Waals surface area (Å²) in [5, 5.41) is 8.48. The molecule has 1 amide bonds. The highest BCUT2D eigenvalue weighted by Crippen LogP contribution is 2.11. The predicted molar refractivity (Wildman–Crippen MR) is 66.4 cm³/mol. The van der Waals surface area contributed by atoms with E-state index >= 15 is 0 Å². The Morgan fingerprint density at radius 1 is 1.42 bits per heavy atom. The Bertz CT molecular complexity index is 450. The highest BCUT2D eigenvalue weighted by molar-refractivity contribution is 5.77. The molecule has 0 fully saturated rings. The number of aliphatic carboxylic acids is 1. The van der Waals surface area contributed by atoms with Gasteiger partial charge in [-0.1, -0.05) is 6.07 Å². The van der Waals surface area contributed by atoms with Gasteiger partial charge in [0.1, 0.15) is 11.6 Å². The first kappa shape index (κ1) is 14.9. The third-order valence-electron chi connectivity index (χ3n) is 2.47. The summed E-state index contributed by atoms with van der Waals surface area (Å²) < 4.78 is 18.0. The van der Waals surface area contributed by atoms with Crippen LogP contribution in [-0.2, 0) is 9.59 Å². The van der Waals surface area contributed by atoms with E-state index in [2.05, 4.69) is 0 Å². The highest BCUT2D eigenvalue weighted by Gasteiger charge is 2.10. The molecule has 1 rings (SSSR count). The molecular formula is C13H16FNO4. The lowest BCUT2D eigenvalue weighted by Crippen LogP contribution is -2.32. The van der Waals surface area contributed by atoms with Crippen molar-refractivity contribution in [2.45, 2.75) is 12.8 Å². The summed E-state index contributed by atoms with van der Waals surface area (Å²) in [6, 6.07) is 5.52. The highest BCUT2D eigenvalue weighted by atomic mass is 19.1. The summed E-state index contributed by atoms with van der Waals surface area (Å²) in [4.78, 5) is 23.4. The van der Waals surface area contributed by atoms with E-state index in [-0.39, 0.29) is 24.7 Å². The fourth-order valence-corrected chi connectivity index (χ4v) is 1.40. The Hall–Kier alpha value is -2.11. The smallest absolute Gasteiger partial charge is 0.303 e. The van der Waals surface area contributed by atoms with Gasteiger partial charge in [-0.3, -0.25) is 9.59 Å². The Morgan fingerprint density at radius 2 is 2.16 bits per heavy atom. The van der Waals surface area contributed by atoms with E-state index in [4.69, 9.17) is 9.84 Å². The van der Waals surface area contributed by atoms with Gasteiger partial charge in [-0.25, -0.2) is 4.39 Å². The number of carboxylic acid groups (broad SMARTS) is 1. The van der Waals surface area contributed by atoms with Crippen molar-refractivity contribution in [1.29, 1.82) is 0 Å². The lowest BCUT2D eigenvalue weighted by atomic mass is 10.3. The maximum Gasteiger partial charge on any atom is 0.303 e. The van der Waals surface area contributed by atoms with E-state index in [1.165, 1.54) is 23.1 Å². The standard InChI is InChI=1S/C13H16FNO4/c1-15(7-3-6-13(17)18)12(16)9-19-11-5-2-4-10(14)8-11/h2,4-5,8H,3,6-7,9H2,1H3,(H,17,18). The van der Waals surface area contributed by atoms with Gasteiger partial charge in [0, 0.05) is 26.1 Å². The average molecular weight is 269 g/mol. The van der Waals surface area contributed by atoms with Crippen LogP contribution in [0.5, 0.6) is 5.75 Å². The molecule has 0 atom stereocenters. The minimum Gasteiger partial charge on any atom is -0.484 e. The van der Waals surface area contributed by atoms with E-state index < -0.39 is 11.8 Å². The molecule has 0 aliphatic heterocycles. The minimum absolute atomic E-state index is 0.0162. The summed E-state index contributed by atoms with van der Waals surface area (Å²) in [5.41, 5.74) is 0. The maximum atomic E-state index is 12.9. The summed E-state index contributed by atoms with van der Waals surface area (Å²) in [6.45, 7) is 0.144. The number of hydrogen-bond donors (Lipinski definition) is 1. The largest absolute Gasteiger partial charge is 0.484 e. The first-order chi connectivity index (χ1) is 8.99. The van der Waals surface area contributed by atoms with Crippen LogP contribution in [0.15, 0.2) is 24.3 Å². The van der Waals surface area contributed by atoms with Gasteiger partial charge in [-0.15, -0.1) is 0 Å². The van der Waals surface area contributed by atoms with E-state index in [0.29, 0.717) is 13.0 Å². The molecule has 104 valence electrons. The monoisotopic (exact) mass is 269 g/mol. The molecule has 0 aliphatic rings. The molecule has 0 bridgehead atoms. The topological polar surface area (TPSA) is 66.8 Å². The fourth-order valence-electron chi connectivity index (χ4n) is 1.40. The van der Waals surface area contributed by atoms with Gasteiger partial charge < -0.3 is 14.7 Å². The van der Waals surface area contributed by atoms with Gasteiger partial charge in [-0.2, -0.15) is 0 Å². The zero-order chi connectivity index (χ0) is 14.3. The second-order valence-electron chi connectivity index (χ2n) is 4.06. The van der Waals surface area contributed by atoms with Crippen LogP contribution in [0.2, 0.25) is 0 Å². The second kappa shape index (κ2) is 7.35. The van der Waals surface area contributed by atoms with Crippen molar-refractivity contribution in [3.63, 3.8) is 0 Å². The molecule has 1 aromatic carbocycles. The Kier molecular flexibility index (Phi) is 5.78. The molecule has 1 aromatic rings. The molecule has 1 N–H and O–H groups in total. The minimum atomic E-state index is -0.892. The zero-order valence-electron chi connectivity index (χ0n) is 10.6. The first-order valence-electron chi connectivity index (χ1n) is 5.83. The van der Waals surface area contributed by atoms with E-state index in [9.17, 15) is 14.0 Å². The number of amides is 1. The van der Waals surface area contributed by atoms with Crippen molar-refractivity contribution in [2.75, 3.05) is 20.2 Å². The summed E-state index contributed by atoms with van der Waals surface area (Å²) in [7, 11) is 1.57. The van der Waals surface area contributed by atoms with Crippen molar-refractivity contribution in [1.82, 2.24) is 4.90 Å². The van der Waals surface area contributed by atoms with Crippen LogP contribution in [0.4, 0.5) is 4.39 Å². The Morgan fingerprint density at radius 3 is 2.79 bits per heavy atom. The molecule has 0 heterocycles. The Balaban J connectivity index is 2.32. The molecule has 19 heavy (non-hydrogen) atoms. The van der Waals surface area contributed by atoms with Gasteiger partial charge in [-0.05, 0) is 18.6 Å². The van der Waals surface area contributed by atoms with Crippen LogP contribution in [0.3, 0.4) is 0 Å². The molecule has 0 spiro atoms. The summed E-state index contributed by atoms with van der Waals surface area (Å²) in [5.74, 6) is -1.32. The molecular weight excluding hydrogens is 253 g/mol. The Labute approximate surface area is 110 Å². The van der Waals surface area contributed by atoms with Gasteiger partial charge in [0.25, 0.3) is 5.91 Å². The van der Waals surface area contributed by atoms with Crippen LogP contribution in [-0.4, -0.2) is 42.1 Å². The molecule has 5 nitrogen and oxygen atoms in total. The van der Waals surface area contributed by atoms with Crippen LogP contribution in [0, 0.1) is 5.82 Å². The third-order valence-corrected chi connectivity index (χ3v) is 2.47. The number of rotatable bonds is 7. The van der Waals surface area contributed by atoms with Gasteiger partial charge in [0.15, 0.2) is 6.61 Å². The number of halogens is 1. The lowest BCUT2D eigenvalue weighted by molar-refractivity contribution is -0.138. The predicted octanol–water partition coefficient (Wildman–Crippen LogP) is 1.53. The van der Waals surface area contributed by atoms with Crippen molar-refractivity contribution in [3.8, 4) is 5.75 Å². The number of carboxylic acids is 1. The number of likely N-dealkylation sites (N-methyl/N-ethyl adjacent to an activating group) is 1. The number of ether oxygens (including phenoxy) is 1. The molecule has 0 saturated heterocycles. The number of carbonyl (C=O) groups is 2. The maximum absolute atomic E-state index is 12.9. The molecule has 0 unspecified atom stereocenters. The summed E-state index contributed by atoms with van der Waals surface area (Å²) >= 11 is 0. The summed E-state index contributed by atoms with van der Waals surface area (Å²) in [6.07, 6.45) is 0.403. The lowest BCUT2D eigenvalue weighted by Gasteiger charge is -2.16. The number of hydrogen-bond acceptors (Lipinski definition) is 3. The molecule has 0 saturated carbocycles. The molecule has 6 heteroatoms. The van der Waals surface area contributed by atoms with Crippen molar-refractivity contribution in [2.24, 2.45) is 0 Å². The van der Waals surface area contributed by atoms with Crippen LogP contribution in [0.1, 0.15) is 12.8 Å². The molecule has 0 aliphatic carbocycles. The fraction of sp³-hybridized carbons (Fsp3) is 0.385. The average Bonchev–Trinajstić information content (AvgIpc) is 2.35. The zero-order valence-corrected chi connectivity index (χ0v) is 10.6. The molecule has 0 radical (unpaired) electrons. The van der Waals surface area contributed by atoms with Crippen molar-refractivity contribution in [3.05, 3.63) is 30.1 Å². The second-order valence-corrected chi connectivity index (χ2v) is 4.06. The SMILES string of the molecule is CN(CCCC(=O)O)C(=O)COc1cccc(F)c1. The van der Waals surface area contributed by atoms with Crippen molar-refractivity contribution < 1.29 is 23.8 Å². The third kappa shape index (κ3) is 5.85. The quantitative estimate of drug-likeness (QED) is 0.815. The van der Waals surface area contributed by atoms with Gasteiger partial charge in [0.05, 0.1) is 0 Å². The normalized spacial score (nSPS) is 10.0. The molecule has 0 aromatic heterocycles. The number of benzene rings is 1. The number of nitrogens with zero attached hydrogens (tertiary/aromatic N) is 1. The van der Waals surface area contributed by atoms with Gasteiger partial charge >= 0.3 is 5.97 Å². The van der Waals surface area contributed by atoms with Crippen molar-refractivity contribution >= 4 is 11.9 Å². The van der Waals surface area contributed by atoms with E-state index in [1.807, 2.05) is 0 Å². The van der Waals surface area contributed by atoms with E-state index in [1.54, 1.807) is 13.1 Å². The van der Waals surface area contributed by atoms with Crippen LogP contribution < -0.4 is 4.74 Å². The van der Waals surface area contributed by atoms with E-state index in [0.717, 1.165) is 0 Å². The van der Waals surface area contributed by atoms with Gasteiger partial charge in [0.2, 0.25) is 0 Å². The van der Waals surface area contributed by atoms with Crippen LogP contribution >= 0.6 is 0 Å². The van der Waals surface area contributed by atoms with Crippen LogP contribution in [0.25, 0.3) is 0 Å².